The summed E-state index contributed by atoms with van der Waals surface area (Å²) in [5.74, 6) is 0.952. The minimum absolute atomic E-state index is 0.104. The number of aromatic hydroxyl groups is 1. The Balaban J connectivity index is 1.83. The largest absolute Gasteiger partial charge is 0.508 e. The number of aliphatic hydroxyl groups is 1. The van der Waals surface area contributed by atoms with Gasteiger partial charge in [-0.2, -0.15) is 0 Å². The Morgan fingerprint density at radius 2 is 2.00 bits per heavy atom. The Morgan fingerprint density at radius 3 is 2.85 bits per heavy atom. The third-order valence-electron chi connectivity index (χ3n) is 6.09. The summed E-state index contributed by atoms with van der Waals surface area (Å²) in [7, 11) is 0. The standard InChI is InChI=1S/C18H22O2/c1-18-9-8-14-13-5-3-12(19)10-11(13)2-4-15(14)16(18)6-7-17(18)20/h3,5,10,16-17,19-20H,2,4,6-9H2,1H3/t16-,17-,18-/m1/s1. The van der Waals surface area contributed by atoms with Gasteiger partial charge in [0.25, 0.3) is 0 Å². The molecular weight excluding hydrogens is 248 g/mol. The molecule has 1 aromatic rings. The molecule has 0 amide bonds. The van der Waals surface area contributed by atoms with Gasteiger partial charge in [-0.1, -0.05) is 18.6 Å². The molecule has 20 heavy (non-hydrogen) atoms. The molecule has 3 aliphatic rings. The predicted molar refractivity (Wildman–Crippen MR) is 79.4 cm³/mol. The fourth-order valence-corrected chi connectivity index (χ4v) is 4.88. The maximum absolute atomic E-state index is 10.3. The number of hydrogen-bond acceptors (Lipinski definition) is 2. The lowest BCUT2D eigenvalue weighted by atomic mass is 9.62. The van der Waals surface area contributed by atoms with Crippen LogP contribution in [0.2, 0.25) is 0 Å². The number of fused-ring (bicyclic) bond motifs is 4. The Bertz CT molecular complexity index is 601. The zero-order valence-electron chi connectivity index (χ0n) is 12.0. The summed E-state index contributed by atoms with van der Waals surface area (Å²) in [6, 6.07) is 5.83. The van der Waals surface area contributed by atoms with Crippen molar-refractivity contribution in [1.82, 2.24) is 0 Å². The summed E-state index contributed by atoms with van der Waals surface area (Å²) < 4.78 is 0. The number of benzene rings is 1. The molecule has 2 N–H and O–H groups in total. The molecule has 3 aliphatic carbocycles. The van der Waals surface area contributed by atoms with Crippen molar-refractivity contribution in [2.24, 2.45) is 11.3 Å². The highest BCUT2D eigenvalue weighted by atomic mass is 16.3. The molecule has 1 aromatic carbocycles. The first-order valence-electron chi connectivity index (χ1n) is 7.82. The molecule has 0 spiro atoms. The van der Waals surface area contributed by atoms with Crippen molar-refractivity contribution in [1.29, 1.82) is 0 Å². The van der Waals surface area contributed by atoms with Crippen LogP contribution in [0.25, 0.3) is 5.57 Å². The summed E-state index contributed by atoms with van der Waals surface area (Å²) >= 11 is 0. The first kappa shape index (κ1) is 12.5. The lowest BCUT2D eigenvalue weighted by Gasteiger charge is -2.43. The third kappa shape index (κ3) is 1.54. The van der Waals surface area contributed by atoms with Crippen LogP contribution in [0.3, 0.4) is 0 Å². The molecule has 3 atom stereocenters. The molecule has 0 bridgehead atoms. The van der Waals surface area contributed by atoms with Crippen molar-refractivity contribution >= 4 is 5.57 Å². The average molecular weight is 270 g/mol. The maximum atomic E-state index is 10.3. The third-order valence-corrected chi connectivity index (χ3v) is 6.09. The number of rotatable bonds is 0. The lowest BCUT2D eigenvalue weighted by Crippen LogP contribution is -2.37. The average Bonchev–Trinajstić information content (AvgIpc) is 2.74. The minimum Gasteiger partial charge on any atom is -0.508 e. The van der Waals surface area contributed by atoms with Crippen LogP contribution >= 0.6 is 0 Å². The van der Waals surface area contributed by atoms with Crippen molar-refractivity contribution in [2.75, 3.05) is 0 Å². The quantitative estimate of drug-likeness (QED) is 0.755. The van der Waals surface area contributed by atoms with Gasteiger partial charge in [-0.3, -0.25) is 0 Å². The summed E-state index contributed by atoms with van der Waals surface area (Å²) in [6.07, 6.45) is 6.30. The van der Waals surface area contributed by atoms with Crippen LogP contribution in [0.15, 0.2) is 23.8 Å². The molecule has 0 radical (unpaired) electrons. The van der Waals surface area contributed by atoms with E-state index in [9.17, 15) is 10.2 Å². The van der Waals surface area contributed by atoms with Crippen molar-refractivity contribution in [3.63, 3.8) is 0 Å². The fraction of sp³-hybridized carbons (Fsp3) is 0.556. The van der Waals surface area contributed by atoms with E-state index in [2.05, 4.69) is 13.0 Å². The topological polar surface area (TPSA) is 40.5 Å². The van der Waals surface area contributed by atoms with E-state index in [1.807, 2.05) is 12.1 Å². The second-order valence-corrected chi connectivity index (χ2v) is 7.00. The molecule has 0 saturated heterocycles. The Kier molecular flexibility index (Phi) is 2.56. The Morgan fingerprint density at radius 1 is 1.15 bits per heavy atom. The van der Waals surface area contributed by atoms with Crippen LogP contribution in [-0.4, -0.2) is 16.3 Å². The summed E-state index contributed by atoms with van der Waals surface area (Å²) in [5.41, 5.74) is 5.88. The second kappa shape index (κ2) is 4.11. The number of aryl methyl sites for hydroxylation is 1. The summed E-state index contributed by atoms with van der Waals surface area (Å²) in [6.45, 7) is 2.28. The first-order chi connectivity index (χ1) is 9.59. The second-order valence-electron chi connectivity index (χ2n) is 7.00. The van der Waals surface area contributed by atoms with Gasteiger partial charge in [0, 0.05) is 5.41 Å². The highest BCUT2D eigenvalue weighted by Crippen LogP contribution is 2.58. The van der Waals surface area contributed by atoms with E-state index >= 15 is 0 Å². The molecule has 0 unspecified atom stereocenters. The molecule has 0 aromatic heterocycles. The van der Waals surface area contributed by atoms with Gasteiger partial charge in [0.15, 0.2) is 0 Å². The first-order valence-corrected chi connectivity index (χ1v) is 7.82. The zero-order chi connectivity index (χ0) is 13.9. The molecule has 1 saturated carbocycles. The molecule has 1 fully saturated rings. The minimum atomic E-state index is -0.122. The zero-order valence-corrected chi connectivity index (χ0v) is 12.0. The van der Waals surface area contributed by atoms with Crippen molar-refractivity contribution in [3.05, 3.63) is 34.9 Å². The van der Waals surface area contributed by atoms with Crippen molar-refractivity contribution in [2.45, 2.75) is 51.6 Å². The lowest BCUT2D eigenvalue weighted by molar-refractivity contribution is 0.0379. The summed E-state index contributed by atoms with van der Waals surface area (Å²) in [5, 5.41) is 20.0. The van der Waals surface area contributed by atoms with E-state index in [1.54, 1.807) is 5.57 Å². The van der Waals surface area contributed by atoms with Gasteiger partial charge in [0.05, 0.1) is 6.10 Å². The van der Waals surface area contributed by atoms with Gasteiger partial charge in [-0.15, -0.1) is 0 Å². The van der Waals surface area contributed by atoms with Gasteiger partial charge >= 0.3 is 0 Å². The van der Waals surface area contributed by atoms with E-state index in [4.69, 9.17) is 0 Å². The monoisotopic (exact) mass is 270 g/mol. The number of phenolic OH excluding ortho intramolecular Hbond substituents is 1. The smallest absolute Gasteiger partial charge is 0.115 e. The molecule has 106 valence electrons. The van der Waals surface area contributed by atoms with Gasteiger partial charge in [0.2, 0.25) is 0 Å². The number of hydrogen-bond donors (Lipinski definition) is 2. The normalized spacial score (nSPS) is 35.5. The Hall–Kier alpha value is -1.28. The van der Waals surface area contributed by atoms with Crippen LogP contribution in [0.5, 0.6) is 5.75 Å². The number of aliphatic hydroxyl groups excluding tert-OH is 1. The molecule has 4 rings (SSSR count). The van der Waals surface area contributed by atoms with E-state index in [-0.39, 0.29) is 11.5 Å². The number of phenols is 1. The number of allylic oxidation sites excluding steroid dienone is 2. The molecule has 2 nitrogen and oxygen atoms in total. The SMILES string of the molecule is C[C@@]12CCC3=C(CCc4cc(O)ccc43)[C@H]1CC[C@H]2O. The highest BCUT2D eigenvalue weighted by Gasteiger charge is 2.50. The Labute approximate surface area is 120 Å². The fourth-order valence-electron chi connectivity index (χ4n) is 4.88. The molecular formula is C18H22O2. The van der Waals surface area contributed by atoms with Crippen LogP contribution in [-0.2, 0) is 6.42 Å². The molecule has 2 heteroatoms. The van der Waals surface area contributed by atoms with Gasteiger partial charge < -0.3 is 10.2 Å². The summed E-state index contributed by atoms with van der Waals surface area (Å²) in [4.78, 5) is 0. The van der Waals surface area contributed by atoms with Crippen LogP contribution < -0.4 is 0 Å². The van der Waals surface area contributed by atoms with E-state index < -0.39 is 0 Å². The van der Waals surface area contributed by atoms with Crippen LogP contribution in [0, 0.1) is 11.3 Å². The van der Waals surface area contributed by atoms with E-state index in [0.29, 0.717) is 11.7 Å². The van der Waals surface area contributed by atoms with Gasteiger partial charge in [0.1, 0.15) is 5.75 Å². The van der Waals surface area contributed by atoms with Crippen LogP contribution in [0.1, 0.15) is 50.2 Å². The maximum Gasteiger partial charge on any atom is 0.115 e. The molecule has 0 heterocycles. The van der Waals surface area contributed by atoms with E-state index in [0.717, 1.165) is 38.5 Å². The predicted octanol–water partition coefficient (Wildman–Crippen LogP) is 3.66. The van der Waals surface area contributed by atoms with Crippen LogP contribution in [0.4, 0.5) is 0 Å². The van der Waals surface area contributed by atoms with Crippen molar-refractivity contribution in [3.8, 4) is 5.75 Å². The molecule has 0 aliphatic heterocycles. The van der Waals surface area contributed by atoms with Crippen molar-refractivity contribution < 1.29 is 10.2 Å². The van der Waals surface area contributed by atoms with Gasteiger partial charge in [-0.05, 0) is 73.3 Å². The van der Waals surface area contributed by atoms with Gasteiger partial charge in [-0.25, -0.2) is 0 Å². The highest BCUT2D eigenvalue weighted by molar-refractivity contribution is 5.75. The van der Waals surface area contributed by atoms with E-state index in [1.165, 1.54) is 16.7 Å².